The summed E-state index contributed by atoms with van der Waals surface area (Å²) in [7, 11) is -1.95. The van der Waals surface area contributed by atoms with Crippen LogP contribution in [0.3, 0.4) is 0 Å². The van der Waals surface area contributed by atoms with E-state index in [0.717, 1.165) is 0 Å². The highest BCUT2D eigenvalue weighted by atomic mass is 19.4. The summed E-state index contributed by atoms with van der Waals surface area (Å²) in [6.07, 6.45) is -3.84. The zero-order chi connectivity index (χ0) is 12.5. The number of hydrogen-bond acceptors (Lipinski definition) is 3. The molecule has 0 bridgehead atoms. The summed E-state index contributed by atoms with van der Waals surface area (Å²) in [6, 6.07) is 0.715. The molecule has 0 fully saturated rings. The highest BCUT2D eigenvalue weighted by Crippen LogP contribution is 2.28. The molecule has 0 aromatic carbocycles. The summed E-state index contributed by atoms with van der Waals surface area (Å²) in [4.78, 5) is 3.63. The van der Waals surface area contributed by atoms with E-state index < -0.39 is 18.9 Å². The van der Waals surface area contributed by atoms with Crippen LogP contribution >= 0.6 is 0 Å². The predicted octanol–water partition coefficient (Wildman–Crippen LogP) is 0.904. The molecule has 0 saturated carbocycles. The minimum Gasteiger partial charge on any atom is -0.423 e. The van der Waals surface area contributed by atoms with Crippen molar-refractivity contribution in [3.63, 3.8) is 0 Å². The Morgan fingerprint density at radius 3 is 2.25 bits per heavy atom. The molecule has 1 aromatic heterocycles. The van der Waals surface area contributed by atoms with Crippen molar-refractivity contribution in [3.8, 4) is 0 Å². The molecule has 0 aliphatic heterocycles. The van der Waals surface area contributed by atoms with Crippen molar-refractivity contribution < 1.29 is 23.2 Å². The van der Waals surface area contributed by atoms with Gasteiger partial charge in [-0.15, -0.1) is 0 Å². The van der Waals surface area contributed by atoms with Crippen LogP contribution in [0.15, 0.2) is 12.3 Å². The lowest BCUT2D eigenvalue weighted by Gasteiger charge is -2.14. The van der Waals surface area contributed by atoms with Crippen molar-refractivity contribution in [1.82, 2.24) is 4.98 Å². The van der Waals surface area contributed by atoms with E-state index in [1.807, 2.05) is 0 Å². The number of alkyl halides is 3. The first-order valence-corrected chi connectivity index (χ1v) is 4.66. The maximum atomic E-state index is 12.4. The zero-order valence-corrected chi connectivity index (χ0v) is 8.78. The van der Waals surface area contributed by atoms with Crippen LogP contribution in [-0.2, 0) is 6.18 Å². The maximum absolute atomic E-state index is 12.4. The summed E-state index contributed by atoms with van der Waals surface area (Å²) in [5, 5.41) is 18.0. The molecule has 16 heavy (non-hydrogen) atoms. The number of pyridine rings is 1. The predicted molar refractivity (Wildman–Crippen MR) is 53.2 cm³/mol. The molecule has 0 amide bonds. The molecule has 0 aliphatic carbocycles. The van der Waals surface area contributed by atoms with Gasteiger partial charge in [0, 0.05) is 17.4 Å². The zero-order valence-electron chi connectivity index (χ0n) is 8.78. The Labute approximate surface area is 91.1 Å². The van der Waals surface area contributed by atoms with E-state index in [9.17, 15) is 13.2 Å². The van der Waals surface area contributed by atoms with E-state index in [1.165, 1.54) is 0 Å². The first-order valence-electron chi connectivity index (χ1n) is 4.66. The molecule has 88 valence electrons. The van der Waals surface area contributed by atoms with Gasteiger partial charge < -0.3 is 10.0 Å². The minimum absolute atomic E-state index is 0.181. The Morgan fingerprint density at radius 2 is 1.88 bits per heavy atom. The average Bonchev–Trinajstić information content (AvgIpc) is 2.15. The van der Waals surface area contributed by atoms with Crippen molar-refractivity contribution in [2.24, 2.45) is 0 Å². The second kappa shape index (κ2) is 4.43. The lowest BCUT2D eigenvalue weighted by molar-refractivity contribution is -0.137. The Morgan fingerprint density at radius 1 is 1.31 bits per heavy atom. The van der Waals surface area contributed by atoms with E-state index in [-0.39, 0.29) is 17.1 Å². The molecule has 1 rings (SSSR count). The molecule has 3 nitrogen and oxygen atoms in total. The molecule has 0 saturated heterocycles. The molecular formula is C9H11BF3NO2. The Balaban J connectivity index is 3.29. The van der Waals surface area contributed by atoms with Gasteiger partial charge in [-0.05, 0) is 12.0 Å². The molecular weight excluding hydrogens is 222 g/mol. The van der Waals surface area contributed by atoms with Crippen molar-refractivity contribution in [2.45, 2.75) is 25.9 Å². The standard InChI is InChI=1S/C9H11BF3NO2/c1-5(2)8-7(10(15)16)3-6(4-14-8)9(11,12)13/h3-5,15-16H,1-2H3. The van der Waals surface area contributed by atoms with E-state index in [2.05, 4.69) is 4.98 Å². The summed E-state index contributed by atoms with van der Waals surface area (Å²) < 4.78 is 37.1. The molecule has 0 spiro atoms. The van der Waals surface area contributed by atoms with Crippen molar-refractivity contribution in [2.75, 3.05) is 0 Å². The number of hydrogen-bond donors (Lipinski definition) is 2. The fourth-order valence-electron chi connectivity index (χ4n) is 1.34. The van der Waals surface area contributed by atoms with Crippen molar-refractivity contribution in [3.05, 3.63) is 23.5 Å². The molecule has 7 heteroatoms. The van der Waals surface area contributed by atoms with Crippen LogP contribution in [0.25, 0.3) is 0 Å². The third-order valence-corrected chi connectivity index (χ3v) is 2.10. The average molecular weight is 233 g/mol. The first-order chi connectivity index (χ1) is 7.23. The number of aromatic nitrogens is 1. The van der Waals surface area contributed by atoms with Crippen LogP contribution < -0.4 is 5.46 Å². The second-order valence-electron chi connectivity index (χ2n) is 3.72. The Kier molecular flexibility index (Phi) is 3.59. The topological polar surface area (TPSA) is 53.4 Å². The van der Waals surface area contributed by atoms with Crippen LogP contribution in [0.4, 0.5) is 13.2 Å². The quantitative estimate of drug-likeness (QED) is 0.746. The normalized spacial score (nSPS) is 12.0. The van der Waals surface area contributed by atoms with Gasteiger partial charge in [-0.1, -0.05) is 13.8 Å². The van der Waals surface area contributed by atoms with Crippen LogP contribution in [0.5, 0.6) is 0 Å². The van der Waals surface area contributed by atoms with Gasteiger partial charge in [0.2, 0.25) is 0 Å². The number of halogens is 3. The van der Waals surface area contributed by atoms with Crippen LogP contribution in [0.2, 0.25) is 0 Å². The number of nitrogens with zero attached hydrogens (tertiary/aromatic N) is 1. The third-order valence-electron chi connectivity index (χ3n) is 2.10. The molecule has 0 atom stereocenters. The molecule has 0 aliphatic rings. The van der Waals surface area contributed by atoms with Gasteiger partial charge in [0.25, 0.3) is 0 Å². The lowest BCUT2D eigenvalue weighted by atomic mass is 9.76. The monoisotopic (exact) mass is 233 g/mol. The van der Waals surface area contributed by atoms with E-state index >= 15 is 0 Å². The van der Waals surface area contributed by atoms with E-state index in [1.54, 1.807) is 13.8 Å². The largest absolute Gasteiger partial charge is 0.490 e. The smallest absolute Gasteiger partial charge is 0.423 e. The summed E-state index contributed by atoms with van der Waals surface area (Å²) in [6.45, 7) is 3.42. The summed E-state index contributed by atoms with van der Waals surface area (Å²) in [5.74, 6) is -0.181. The molecule has 0 radical (unpaired) electrons. The van der Waals surface area contributed by atoms with Gasteiger partial charge in [0.15, 0.2) is 0 Å². The molecule has 1 aromatic rings. The van der Waals surface area contributed by atoms with Crippen LogP contribution in [-0.4, -0.2) is 22.2 Å². The van der Waals surface area contributed by atoms with E-state index in [0.29, 0.717) is 12.3 Å². The molecule has 2 N–H and O–H groups in total. The van der Waals surface area contributed by atoms with Gasteiger partial charge in [0.05, 0.1) is 5.56 Å². The van der Waals surface area contributed by atoms with Crippen molar-refractivity contribution >= 4 is 12.6 Å². The molecule has 1 heterocycles. The van der Waals surface area contributed by atoms with E-state index in [4.69, 9.17) is 10.0 Å². The Bertz CT molecular complexity index is 380. The van der Waals surface area contributed by atoms with Gasteiger partial charge in [-0.3, -0.25) is 4.98 Å². The highest BCUT2D eigenvalue weighted by molar-refractivity contribution is 6.59. The summed E-state index contributed by atoms with van der Waals surface area (Å²) >= 11 is 0. The Hall–Kier alpha value is -1.08. The van der Waals surface area contributed by atoms with Crippen LogP contribution in [0, 0.1) is 0 Å². The van der Waals surface area contributed by atoms with Gasteiger partial charge >= 0.3 is 13.3 Å². The highest BCUT2D eigenvalue weighted by Gasteiger charge is 2.33. The number of rotatable bonds is 2. The van der Waals surface area contributed by atoms with Gasteiger partial charge in [0.1, 0.15) is 0 Å². The molecule has 0 unspecified atom stereocenters. The van der Waals surface area contributed by atoms with Gasteiger partial charge in [-0.25, -0.2) is 0 Å². The summed E-state index contributed by atoms with van der Waals surface area (Å²) in [5.41, 5.74) is -0.937. The van der Waals surface area contributed by atoms with Crippen LogP contribution in [0.1, 0.15) is 31.0 Å². The third kappa shape index (κ3) is 2.73. The fourth-order valence-corrected chi connectivity index (χ4v) is 1.34. The fraction of sp³-hybridized carbons (Fsp3) is 0.444. The lowest BCUT2D eigenvalue weighted by Crippen LogP contribution is -2.35. The first kappa shape index (κ1) is 13.0. The minimum atomic E-state index is -4.54. The van der Waals surface area contributed by atoms with Gasteiger partial charge in [-0.2, -0.15) is 13.2 Å². The SMILES string of the molecule is CC(C)c1ncc(C(F)(F)F)cc1B(O)O. The maximum Gasteiger partial charge on any atom is 0.490 e. The van der Waals surface area contributed by atoms with Crippen molar-refractivity contribution in [1.29, 1.82) is 0 Å². The second-order valence-corrected chi connectivity index (χ2v) is 3.72.